The van der Waals surface area contributed by atoms with Crippen molar-refractivity contribution in [2.24, 2.45) is 11.8 Å². The SMILES string of the molecule is CCNc1nc(NC(C)C)nc(SC)n1.ClCC1C(CCl)C2(Cl)C(Cl)=C(Cl)C1(Cl)C2(Cl)Cl. The summed E-state index contributed by atoms with van der Waals surface area (Å²) in [6.07, 6.45) is 1.95. The number of thioether (sulfide) groups is 1. The maximum Gasteiger partial charge on any atom is 0.228 e. The van der Waals surface area contributed by atoms with Crippen LogP contribution in [0.25, 0.3) is 0 Å². The molecule has 0 aliphatic heterocycles. The van der Waals surface area contributed by atoms with Gasteiger partial charge in [0.15, 0.2) is 9.49 Å². The average molecular weight is 625 g/mol. The van der Waals surface area contributed by atoms with Crippen LogP contribution in [0.5, 0.6) is 0 Å². The zero-order valence-electron chi connectivity index (χ0n) is 17.6. The Balaban J connectivity index is 0.000000229. The van der Waals surface area contributed by atoms with Crippen LogP contribution in [-0.4, -0.2) is 59.6 Å². The van der Waals surface area contributed by atoms with Crippen molar-refractivity contribution in [3.05, 3.63) is 10.1 Å². The summed E-state index contributed by atoms with van der Waals surface area (Å²) in [6, 6.07) is 0.316. The van der Waals surface area contributed by atoms with E-state index in [1.54, 1.807) is 0 Å². The number of hydrogen-bond acceptors (Lipinski definition) is 6. The van der Waals surface area contributed by atoms with Gasteiger partial charge in [0, 0.05) is 36.2 Å². The van der Waals surface area contributed by atoms with Crippen molar-refractivity contribution in [1.82, 2.24) is 15.0 Å². The summed E-state index contributed by atoms with van der Waals surface area (Å²) in [5.41, 5.74) is 0. The fourth-order valence-electron chi connectivity index (χ4n) is 3.64. The maximum atomic E-state index is 6.50. The zero-order chi connectivity index (χ0) is 24.5. The van der Waals surface area contributed by atoms with Crippen LogP contribution in [0.15, 0.2) is 15.2 Å². The van der Waals surface area contributed by atoms with Gasteiger partial charge in [-0.1, -0.05) is 58.2 Å². The van der Waals surface area contributed by atoms with E-state index in [1.807, 2.05) is 13.2 Å². The maximum absolute atomic E-state index is 6.50. The molecular formula is C18H23Cl8N5S. The Hall–Kier alpha value is 1.02. The van der Waals surface area contributed by atoms with Gasteiger partial charge in [0.1, 0.15) is 9.75 Å². The van der Waals surface area contributed by atoms with Crippen molar-refractivity contribution in [3.8, 4) is 0 Å². The molecule has 182 valence electrons. The van der Waals surface area contributed by atoms with E-state index in [-0.39, 0.29) is 33.7 Å². The molecule has 4 unspecified atom stereocenters. The molecule has 1 aromatic rings. The van der Waals surface area contributed by atoms with Crippen molar-refractivity contribution in [2.75, 3.05) is 35.2 Å². The van der Waals surface area contributed by atoms with Crippen LogP contribution in [0.2, 0.25) is 0 Å². The second-order valence-electron chi connectivity index (χ2n) is 7.45. The van der Waals surface area contributed by atoms with E-state index in [9.17, 15) is 0 Å². The molecule has 0 amide bonds. The highest BCUT2D eigenvalue weighted by molar-refractivity contribution is 7.98. The molecule has 2 bridgehead atoms. The Morgan fingerprint density at radius 2 is 1.38 bits per heavy atom. The van der Waals surface area contributed by atoms with Gasteiger partial charge in [0.25, 0.3) is 0 Å². The third kappa shape index (κ3) is 4.84. The molecule has 0 saturated heterocycles. The minimum Gasteiger partial charge on any atom is -0.354 e. The summed E-state index contributed by atoms with van der Waals surface area (Å²) in [5, 5.41) is 7.29. The van der Waals surface area contributed by atoms with E-state index >= 15 is 0 Å². The number of aromatic nitrogens is 3. The lowest BCUT2D eigenvalue weighted by Crippen LogP contribution is -2.45. The van der Waals surface area contributed by atoms with Crippen LogP contribution in [0, 0.1) is 11.8 Å². The molecule has 1 heterocycles. The van der Waals surface area contributed by atoms with Gasteiger partial charge in [0.05, 0.1) is 10.1 Å². The highest BCUT2D eigenvalue weighted by atomic mass is 35.5. The van der Waals surface area contributed by atoms with Gasteiger partial charge in [-0.2, -0.15) is 15.0 Å². The molecule has 5 nitrogen and oxygen atoms in total. The zero-order valence-corrected chi connectivity index (χ0v) is 24.5. The normalized spacial score (nSPS) is 30.4. The molecule has 1 aromatic heterocycles. The molecule has 3 rings (SSSR count). The van der Waals surface area contributed by atoms with E-state index < -0.39 is 14.1 Å². The minimum absolute atomic E-state index is 0.160. The van der Waals surface area contributed by atoms with Crippen molar-refractivity contribution in [3.63, 3.8) is 0 Å². The van der Waals surface area contributed by atoms with E-state index in [4.69, 9.17) is 92.8 Å². The largest absolute Gasteiger partial charge is 0.354 e. The predicted molar refractivity (Wildman–Crippen MR) is 143 cm³/mol. The second-order valence-corrected chi connectivity index (χ2v) is 12.1. The lowest BCUT2D eigenvalue weighted by atomic mass is 9.84. The highest BCUT2D eigenvalue weighted by Crippen LogP contribution is 2.76. The predicted octanol–water partition coefficient (Wildman–Crippen LogP) is 7.39. The number of rotatable bonds is 7. The van der Waals surface area contributed by atoms with Gasteiger partial charge in [-0.05, 0) is 27.0 Å². The van der Waals surface area contributed by atoms with Crippen LogP contribution in [-0.2, 0) is 0 Å². The Morgan fingerprint density at radius 1 is 0.906 bits per heavy atom. The highest BCUT2D eigenvalue weighted by Gasteiger charge is 2.81. The van der Waals surface area contributed by atoms with Crippen LogP contribution < -0.4 is 10.6 Å². The Bertz CT molecular complexity index is 823. The Kier molecular flexibility index (Phi) is 10.4. The third-order valence-corrected chi connectivity index (χ3v) is 10.7. The first-order chi connectivity index (χ1) is 14.9. The number of nitrogens with zero attached hydrogens (tertiary/aromatic N) is 3. The van der Waals surface area contributed by atoms with Crippen molar-refractivity contribution in [1.29, 1.82) is 0 Å². The van der Waals surface area contributed by atoms with Crippen LogP contribution in [0.3, 0.4) is 0 Å². The van der Waals surface area contributed by atoms with Gasteiger partial charge < -0.3 is 10.6 Å². The fraction of sp³-hybridized carbons (Fsp3) is 0.722. The molecule has 0 radical (unpaired) electrons. The van der Waals surface area contributed by atoms with E-state index in [0.717, 1.165) is 11.7 Å². The first-order valence-corrected chi connectivity index (χ1v) is 14.2. The summed E-state index contributed by atoms with van der Waals surface area (Å²) in [6.45, 7) is 6.92. The molecule has 14 heteroatoms. The topological polar surface area (TPSA) is 62.7 Å². The van der Waals surface area contributed by atoms with Gasteiger partial charge >= 0.3 is 0 Å². The van der Waals surface area contributed by atoms with Crippen molar-refractivity contribution < 1.29 is 0 Å². The van der Waals surface area contributed by atoms with Gasteiger partial charge in [-0.3, -0.25) is 0 Å². The number of allylic oxidation sites excluding steroid dienone is 2. The van der Waals surface area contributed by atoms with Crippen molar-refractivity contribution >= 4 is 116 Å². The van der Waals surface area contributed by atoms with Crippen LogP contribution in [0.1, 0.15) is 20.8 Å². The van der Waals surface area contributed by atoms with E-state index in [0.29, 0.717) is 17.9 Å². The standard InChI is InChI=1S/C9H6Cl8.C9H17N5S/c10-1-3-4(2-11)8(15)6(13)5(12)7(3,14)9(8,16)17;1-5-10-7-12-8(11-6(2)3)14-9(13-7)15-4/h3-4H,1-2H2;6H,5H2,1-4H3,(H2,10,11,12,13,14). The average Bonchev–Trinajstić information content (AvgIpc) is 2.93. The molecular weight excluding hydrogens is 602 g/mol. The monoisotopic (exact) mass is 621 g/mol. The summed E-state index contributed by atoms with van der Waals surface area (Å²) >= 11 is 51.3. The lowest BCUT2D eigenvalue weighted by Gasteiger charge is -2.34. The first kappa shape index (κ1) is 29.3. The molecule has 2 aliphatic carbocycles. The molecule has 32 heavy (non-hydrogen) atoms. The lowest BCUT2D eigenvalue weighted by molar-refractivity contribution is 0.391. The summed E-state index contributed by atoms with van der Waals surface area (Å²) < 4.78 is -1.55. The minimum atomic E-state index is -1.55. The Labute approximate surface area is 233 Å². The summed E-state index contributed by atoms with van der Waals surface area (Å²) in [4.78, 5) is 10.2. The fourth-order valence-corrected chi connectivity index (χ4v) is 8.13. The van der Waals surface area contributed by atoms with E-state index in [2.05, 4.69) is 39.4 Å². The molecule has 0 spiro atoms. The van der Waals surface area contributed by atoms with Crippen LogP contribution in [0.4, 0.5) is 11.9 Å². The van der Waals surface area contributed by atoms with Crippen LogP contribution >= 0.6 is 105 Å². The van der Waals surface area contributed by atoms with Crippen molar-refractivity contribution in [2.45, 2.75) is 46.1 Å². The van der Waals surface area contributed by atoms with E-state index in [1.165, 1.54) is 11.8 Å². The molecule has 4 atom stereocenters. The summed E-state index contributed by atoms with van der Waals surface area (Å²) in [7, 11) is 0. The smallest absolute Gasteiger partial charge is 0.228 e. The molecule has 2 N–H and O–H groups in total. The van der Waals surface area contributed by atoms with Gasteiger partial charge in [-0.25, -0.2) is 0 Å². The first-order valence-electron chi connectivity index (χ1n) is 9.60. The number of anilines is 2. The summed E-state index contributed by atoms with van der Waals surface area (Å²) in [5.74, 6) is 0.949. The number of halogens is 8. The molecule has 1 fully saturated rings. The number of fused-ring (bicyclic) bond motifs is 2. The third-order valence-electron chi connectivity index (χ3n) is 5.14. The Morgan fingerprint density at radius 3 is 1.75 bits per heavy atom. The molecule has 1 saturated carbocycles. The van der Waals surface area contributed by atoms with Gasteiger partial charge in [0.2, 0.25) is 11.9 Å². The molecule has 2 aliphatic rings. The van der Waals surface area contributed by atoms with Gasteiger partial charge in [-0.15, -0.1) is 46.4 Å². The second kappa shape index (κ2) is 11.4. The quantitative estimate of drug-likeness (QED) is 0.244. The molecule has 0 aromatic carbocycles. The number of hydrogen-bond donors (Lipinski definition) is 2. The number of alkyl halides is 6. The number of nitrogens with one attached hydrogen (secondary N) is 2.